The minimum absolute atomic E-state index is 0.0558. The van der Waals surface area contributed by atoms with Crippen LogP contribution in [-0.4, -0.2) is 32.7 Å². The summed E-state index contributed by atoms with van der Waals surface area (Å²) >= 11 is 0. The zero-order chi connectivity index (χ0) is 31.5. The predicted octanol–water partition coefficient (Wildman–Crippen LogP) is 8.66. The van der Waals surface area contributed by atoms with E-state index in [9.17, 15) is 20.1 Å². The zero-order valence-electron chi connectivity index (χ0n) is 26.3. The van der Waals surface area contributed by atoms with E-state index in [2.05, 4.69) is 31.8 Å². The highest BCUT2D eigenvalue weighted by atomic mass is 16.5. The number of ketones is 1. The number of carbonyl (C=O) groups is 1. The fourth-order valence-electron chi connectivity index (χ4n) is 5.63. The highest BCUT2D eigenvalue weighted by Gasteiger charge is 2.13. The molecule has 4 N–H and O–H groups in total. The number of phenols is 2. The number of benzene rings is 3. The highest BCUT2D eigenvalue weighted by Crippen LogP contribution is 2.33. The number of unbranched alkanes of at least 4 members (excludes halogenated alkanes) is 1. The van der Waals surface area contributed by atoms with Gasteiger partial charge in [0.05, 0.1) is 18.7 Å². The Morgan fingerprint density at radius 1 is 0.955 bits per heavy atom. The molecule has 0 bridgehead atoms. The van der Waals surface area contributed by atoms with Crippen molar-refractivity contribution in [3.8, 4) is 28.4 Å². The average molecular weight is 598 g/mol. The molecule has 1 atom stereocenters. The molecule has 6 nitrogen and oxygen atoms in total. The third kappa shape index (κ3) is 9.23. The van der Waals surface area contributed by atoms with Crippen molar-refractivity contribution in [3.05, 3.63) is 89.6 Å². The van der Waals surface area contributed by atoms with Crippen LogP contribution in [0.4, 0.5) is 0 Å². The number of aromatic nitrogens is 1. The minimum Gasteiger partial charge on any atom is -0.508 e. The quantitative estimate of drug-likeness (QED) is 0.0912. The Balaban J connectivity index is 1.37. The van der Waals surface area contributed by atoms with Gasteiger partial charge in [0.15, 0.2) is 17.3 Å². The van der Waals surface area contributed by atoms with Gasteiger partial charge in [0, 0.05) is 30.0 Å². The van der Waals surface area contributed by atoms with Crippen molar-refractivity contribution in [1.82, 2.24) is 4.98 Å². The Morgan fingerprint density at radius 3 is 2.57 bits per heavy atom. The lowest BCUT2D eigenvalue weighted by atomic mass is 9.92. The summed E-state index contributed by atoms with van der Waals surface area (Å²) in [6, 6.07) is 16.4. The van der Waals surface area contributed by atoms with Gasteiger partial charge in [-0.05, 0) is 102 Å². The number of ether oxygens (including phenoxy) is 1. The maximum Gasteiger partial charge on any atom is 0.161 e. The normalized spacial score (nSPS) is 12.4. The van der Waals surface area contributed by atoms with Crippen molar-refractivity contribution >= 4 is 16.7 Å². The summed E-state index contributed by atoms with van der Waals surface area (Å²) in [6.45, 7) is 6.90. The molecule has 0 spiro atoms. The number of aromatic hydroxyl groups is 2. The molecule has 0 saturated heterocycles. The molecule has 0 saturated carbocycles. The van der Waals surface area contributed by atoms with Crippen LogP contribution in [0.5, 0.6) is 17.2 Å². The van der Waals surface area contributed by atoms with Crippen LogP contribution < -0.4 is 4.74 Å². The fraction of sp³-hybridized carbons (Fsp3) is 0.395. The Kier molecular flexibility index (Phi) is 12.1. The van der Waals surface area contributed by atoms with Crippen molar-refractivity contribution in [3.63, 3.8) is 0 Å². The van der Waals surface area contributed by atoms with Crippen molar-refractivity contribution in [2.75, 3.05) is 6.61 Å². The Bertz CT molecular complexity index is 1550. The standard InChI is InChI=1S/C38H47NO5/c1-4-5-6-27(8-7-26(2)3)9-13-33(41)14-10-28-11-16-36(43)37(21-28)44-20-18-29-12-15-34(42)24-35(29)31-22-30-17-19-39-38(30)32(23-31)25-40/h9,11-13,15-17,19,21-24,26-27,39-40,42-43H,4-8,10,14,18,20,25H2,1-3H3. The molecule has 0 aliphatic rings. The first-order chi connectivity index (χ1) is 21.3. The molecular formula is C38H47NO5. The lowest BCUT2D eigenvalue weighted by Gasteiger charge is -2.14. The van der Waals surface area contributed by atoms with Crippen LogP contribution in [0.3, 0.4) is 0 Å². The van der Waals surface area contributed by atoms with Crippen LogP contribution in [-0.2, 0) is 24.2 Å². The number of aryl methyl sites for hydroxylation is 1. The number of hydrogen-bond donors (Lipinski definition) is 4. The third-order valence-corrected chi connectivity index (χ3v) is 8.23. The molecule has 0 aliphatic carbocycles. The molecule has 234 valence electrons. The number of fused-ring (bicyclic) bond motifs is 1. The maximum atomic E-state index is 12.7. The number of carbonyl (C=O) groups excluding carboxylic acids is 1. The van der Waals surface area contributed by atoms with Crippen molar-refractivity contribution < 1.29 is 24.9 Å². The Hall–Kier alpha value is -4.03. The van der Waals surface area contributed by atoms with Crippen LogP contribution in [0.1, 0.15) is 76.0 Å². The Labute approximate surface area is 261 Å². The van der Waals surface area contributed by atoms with E-state index in [0.717, 1.165) is 58.0 Å². The maximum absolute atomic E-state index is 12.7. The van der Waals surface area contributed by atoms with E-state index in [4.69, 9.17) is 4.74 Å². The largest absolute Gasteiger partial charge is 0.508 e. The summed E-state index contributed by atoms with van der Waals surface area (Å²) in [5.74, 6) is 1.84. The van der Waals surface area contributed by atoms with Crippen molar-refractivity contribution in [1.29, 1.82) is 0 Å². The third-order valence-electron chi connectivity index (χ3n) is 8.23. The summed E-state index contributed by atoms with van der Waals surface area (Å²) in [4.78, 5) is 15.9. The van der Waals surface area contributed by atoms with Crippen molar-refractivity contribution in [2.24, 2.45) is 11.8 Å². The van der Waals surface area contributed by atoms with Crippen LogP contribution in [0.2, 0.25) is 0 Å². The van der Waals surface area contributed by atoms with Gasteiger partial charge in [-0.1, -0.05) is 58.2 Å². The lowest BCUT2D eigenvalue weighted by Crippen LogP contribution is -2.04. The van der Waals surface area contributed by atoms with Gasteiger partial charge in [0.25, 0.3) is 0 Å². The number of H-pyrrole nitrogens is 1. The first-order valence-corrected chi connectivity index (χ1v) is 16.0. The summed E-state index contributed by atoms with van der Waals surface area (Å²) in [5.41, 5.74) is 5.34. The van der Waals surface area contributed by atoms with Crippen LogP contribution in [0.15, 0.2) is 72.9 Å². The fourth-order valence-corrected chi connectivity index (χ4v) is 5.63. The smallest absolute Gasteiger partial charge is 0.161 e. The first kappa shape index (κ1) is 32.9. The Morgan fingerprint density at radius 2 is 1.80 bits per heavy atom. The highest BCUT2D eigenvalue weighted by molar-refractivity contribution is 5.90. The zero-order valence-corrected chi connectivity index (χ0v) is 26.3. The summed E-state index contributed by atoms with van der Waals surface area (Å²) in [5, 5.41) is 31.6. The number of phenolic OH excluding ortho intramolecular Hbond substituents is 2. The van der Waals surface area contributed by atoms with Gasteiger partial charge in [0.1, 0.15) is 5.75 Å². The molecule has 0 fully saturated rings. The number of rotatable bonds is 17. The van der Waals surface area contributed by atoms with Gasteiger partial charge in [0.2, 0.25) is 0 Å². The van der Waals surface area contributed by atoms with E-state index >= 15 is 0 Å². The monoisotopic (exact) mass is 597 g/mol. The SMILES string of the molecule is CCCCC(C=CC(=O)CCc1ccc(O)c(OCCc2ccc(O)cc2-c2cc(CO)c3[nH]ccc3c2)c1)CCC(C)C. The van der Waals surface area contributed by atoms with Crippen molar-refractivity contribution in [2.45, 2.75) is 78.7 Å². The van der Waals surface area contributed by atoms with E-state index in [1.54, 1.807) is 24.3 Å². The van der Waals surface area contributed by atoms with Crippen LogP contribution >= 0.6 is 0 Å². The molecule has 4 rings (SSSR count). The number of allylic oxidation sites excluding steroid dienone is 2. The second kappa shape index (κ2) is 16.2. The first-order valence-electron chi connectivity index (χ1n) is 16.0. The average Bonchev–Trinajstić information content (AvgIpc) is 3.50. The molecule has 0 aliphatic heterocycles. The van der Waals surface area contributed by atoms with E-state index in [1.165, 1.54) is 12.8 Å². The summed E-state index contributed by atoms with van der Waals surface area (Å²) in [6.07, 6.45) is 13.0. The number of nitrogens with one attached hydrogen (secondary N) is 1. The van der Waals surface area contributed by atoms with E-state index in [0.29, 0.717) is 43.5 Å². The molecule has 4 aromatic rings. The predicted molar refractivity (Wildman–Crippen MR) is 178 cm³/mol. The number of aliphatic hydroxyl groups is 1. The lowest BCUT2D eigenvalue weighted by molar-refractivity contribution is -0.114. The molecule has 44 heavy (non-hydrogen) atoms. The number of hydrogen-bond acceptors (Lipinski definition) is 5. The molecular weight excluding hydrogens is 550 g/mol. The topological polar surface area (TPSA) is 103 Å². The van der Waals surface area contributed by atoms with Crippen LogP contribution in [0.25, 0.3) is 22.0 Å². The summed E-state index contributed by atoms with van der Waals surface area (Å²) < 4.78 is 6.02. The molecule has 6 heteroatoms. The van der Waals surface area contributed by atoms with Gasteiger partial charge in [-0.25, -0.2) is 0 Å². The molecule has 1 heterocycles. The van der Waals surface area contributed by atoms with Gasteiger partial charge in [-0.15, -0.1) is 0 Å². The molecule has 3 aromatic carbocycles. The van der Waals surface area contributed by atoms with E-state index < -0.39 is 0 Å². The second-order valence-corrected chi connectivity index (χ2v) is 12.2. The van der Waals surface area contributed by atoms with Gasteiger partial charge in [-0.2, -0.15) is 0 Å². The second-order valence-electron chi connectivity index (χ2n) is 12.2. The van der Waals surface area contributed by atoms with E-state index in [1.807, 2.05) is 42.6 Å². The molecule has 0 amide bonds. The van der Waals surface area contributed by atoms with Crippen LogP contribution in [0, 0.1) is 11.8 Å². The summed E-state index contributed by atoms with van der Waals surface area (Å²) in [7, 11) is 0. The molecule has 0 radical (unpaired) electrons. The molecule has 1 aromatic heterocycles. The van der Waals surface area contributed by atoms with Gasteiger partial charge >= 0.3 is 0 Å². The van der Waals surface area contributed by atoms with Gasteiger partial charge < -0.3 is 25.0 Å². The van der Waals surface area contributed by atoms with Gasteiger partial charge in [-0.3, -0.25) is 4.79 Å². The molecule has 1 unspecified atom stereocenters. The van der Waals surface area contributed by atoms with E-state index in [-0.39, 0.29) is 23.9 Å². The minimum atomic E-state index is -0.0998. The number of aromatic amines is 1. The number of aliphatic hydroxyl groups excluding tert-OH is 1.